The predicted molar refractivity (Wildman–Crippen MR) is 133 cm³/mol. The lowest BCUT2D eigenvalue weighted by Crippen LogP contribution is -2.45. The average Bonchev–Trinajstić information content (AvgIpc) is 3.39. The fourth-order valence-electron chi connectivity index (χ4n) is 5.04. The summed E-state index contributed by atoms with van der Waals surface area (Å²) in [5, 5.41) is 10.5. The van der Waals surface area contributed by atoms with Gasteiger partial charge in [-0.15, -0.1) is 0 Å². The molecule has 1 aliphatic heterocycles. The van der Waals surface area contributed by atoms with Crippen LogP contribution in [0.1, 0.15) is 30.1 Å². The van der Waals surface area contributed by atoms with Gasteiger partial charge in [0.1, 0.15) is 17.9 Å². The highest BCUT2D eigenvalue weighted by Crippen LogP contribution is 2.34. The first-order chi connectivity index (χ1) is 16.5. The number of likely N-dealkylation sites (tertiary alicyclic amines) is 1. The number of amides is 1. The number of aryl methyl sites for hydroxylation is 2. The summed E-state index contributed by atoms with van der Waals surface area (Å²) in [6.07, 6.45) is 1.83. The maximum absolute atomic E-state index is 13.3. The summed E-state index contributed by atoms with van der Waals surface area (Å²) in [5.41, 5.74) is 10.3. The molecule has 0 aliphatic carbocycles. The second-order valence-electron chi connectivity index (χ2n) is 8.89. The molecule has 1 fully saturated rings. The number of carbonyl (C=O) groups excluding carboxylic acids is 1. The van der Waals surface area contributed by atoms with Crippen LogP contribution in [0.2, 0.25) is 0 Å². The van der Waals surface area contributed by atoms with Gasteiger partial charge in [0.05, 0.1) is 17.8 Å². The molecule has 178 valence electrons. The van der Waals surface area contributed by atoms with E-state index >= 15 is 0 Å². The molecule has 3 N–H and O–H groups in total. The molecule has 4 aromatic rings. The number of hydrogen-bond acceptors (Lipinski definition) is 5. The fraction of sp³-hybridized carbons (Fsp3) is 0.385. The molecule has 0 radical (unpaired) electrons. The van der Waals surface area contributed by atoms with E-state index in [9.17, 15) is 9.90 Å². The third-order valence-electron chi connectivity index (χ3n) is 6.63. The van der Waals surface area contributed by atoms with Crippen molar-refractivity contribution in [2.24, 2.45) is 12.8 Å². The van der Waals surface area contributed by atoms with E-state index in [0.29, 0.717) is 29.9 Å². The summed E-state index contributed by atoms with van der Waals surface area (Å²) >= 11 is 0. The molecule has 5 rings (SSSR count). The quantitative estimate of drug-likeness (QED) is 0.460. The number of nitrogens with two attached hydrogens (primary N) is 1. The lowest BCUT2D eigenvalue weighted by atomic mass is 10.0. The number of nitrogens with zero attached hydrogens (tertiary/aromatic N) is 4. The van der Waals surface area contributed by atoms with Crippen LogP contribution in [-0.2, 0) is 13.6 Å². The minimum absolute atomic E-state index is 0.00366. The van der Waals surface area contributed by atoms with Crippen molar-refractivity contribution in [1.29, 1.82) is 0 Å². The average molecular weight is 462 g/mol. The van der Waals surface area contributed by atoms with Crippen LogP contribution < -0.4 is 10.5 Å². The van der Waals surface area contributed by atoms with Gasteiger partial charge in [-0.1, -0.05) is 18.2 Å². The zero-order valence-corrected chi connectivity index (χ0v) is 19.7. The van der Waals surface area contributed by atoms with E-state index in [2.05, 4.69) is 29.7 Å². The monoisotopic (exact) mass is 461 g/mol. The fourth-order valence-corrected chi connectivity index (χ4v) is 5.04. The highest BCUT2D eigenvalue weighted by Gasteiger charge is 2.25. The molecule has 1 aliphatic rings. The van der Waals surface area contributed by atoms with Crippen LogP contribution in [0.15, 0.2) is 42.5 Å². The number of fused-ring (bicyclic) bond motifs is 2. The van der Waals surface area contributed by atoms with Crippen molar-refractivity contribution in [3.05, 3.63) is 48.0 Å². The number of aliphatic hydroxyl groups is 1. The molecular weight excluding hydrogens is 430 g/mol. The van der Waals surface area contributed by atoms with Gasteiger partial charge in [-0.05, 0) is 44.0 Å². The van der Waals surface area contributed by atoms with E-state index < -0.39 is 0 Å². The van der Waals surface area contributed by atoms with Crippen LogP contribution in [0.5, 0.6) is 5.75 Å². The number of rotatable bonds is 6. The van der Waals surface area contributed by atoms with Crippen molar-refractivity contribution in [2.45, 2.75) is 32.4 Å². The van der Waals surface area contributed by atoms with Crippen LogP contribution in [0, 0.1) is 0 Å². The number of para-hydroxylation sites is 1. The van der Waals surface area contributed by atoms with E-state index in [1.807, 2.05) is 34.7 Å². The summed E-state index contributed by atoms with van der Waals surface area (Å²) in [6.45, 7) is 4.19. The molecule has 0 spiro atoms. The topological polar surface area (TPSA) is 98.5 Å². The predicted octanol–water partition coefficient (Wildman–Crippen LogP) is 3.15. The Labute approximate surface area is 198 Å². The minimum Gasteiger partial charge on any atom is -0.489 e. The van der Waals surface area contributed by atoms with Gasteiger partial charge in [0.25, 0.3) is 5.91 Å². The first kappa shape index (κ1) is 22.4. The van der Waals surface area contributed by atoms with Gasteiger partial charge in [-0.3, -0.25) is 4.79 Å². The molecule has 1 amide bonds. The smallest absolute Gasteiger partial charge is 0.254 e. The standard InChI is InChI=1S/C26H31N5O3/c1-3-31-21-9-5-4-7-17(21)14-22(31)25-28-20-13-18(26(33)30-10-6-8-19(27)16-30)15-23(34-12-11-32)24(20)29(25)2/h4-5,7,9,13-15,19,32H,3,6,8,10-12,16,27H2,1-2H3. The van der Waals surface area contributed by atoms with Gasteiger partial charge in [-0.2, -0.15) is 0 Å². The number of ether oxygens (including phenoxy) is 1. The van der Waals surface area contributed by atoms with Gasteiger partial charge < -0.3 is 29.6 Å². The molecule has 1 unspecified atom stereocenters. The van der Waals surface area contributed by atoms with Crippen molar-refractivity contribution in [1.82, 2.24) is 19.0 Å². The Bertz CT molecular complexity index is 1360. The minimum atomic E-state index is -0.116. The van der Waals surface area contributed by atoms with Gasteiger partial charge in [-0.25, -0.2) is 4.98 Å². The first-order valence-electron chi connectivity index (χ1n) is 11.9. The number of benzene rings is 2. The highest BCUT2D eigenvalue weighted by molar-refractivity contribution is 6.00. The normalized spacial score (nSPS) is 16.5. The summed E-state index contributed by atoms with van der Waals surface area (Å²) in [4.78, 5) is 20.1. The molecule has 3 heterocycles. The second kappa shape index (κ2) is 9.12. The Morgan fingerprint density at radius 2 is 2.09 bits per heavy atom. The van der Waals surface area contributed by atoms with Crippen molar-refractivity contribution in [3.8, 4) is 17.3 Å². The van der Waals surface area contributed by atoms with Crippen LogP contribution in [-0.4, -0.2) is 62.4 Å². The van der Waals surface area contributed by atoms with Crippen molar-refractivity contribution in [2.75, 3.05) is 26.3 Å². The van der Waals surface area contributed by atoms with Gasteiger partial charge >= 0.3 is 0 Å². The number of imidazole rings is 1. The zero-order valence-electron chi connectivity index (χ0n) is 19.7. The van der Waals surface area contributed by atoms with Crippen LogP contribution in [0.3, 0.4) is 0 Å². The summed E-state index contributed by atoms with van der Waals surface area (Å²) in [7, 11) is 1.96. The van der Waals surface area contributed by atoms with Gasteiger partial charge in [0.2, 0.25) is 0 Å². The molecule has 1 saturated heterocycles. The van der Waals surface area contributed by atoms with Crippen molar-refractivity contribution >= 4 is 27.8 Å². The highest BCUT2D eigenvalue weighted by atomic mass is 16.5. The molecule has 2 aromatic heterocycles. The Hall–Kier alpha value is -3.36. The number of piperidine rings is 1. The maximum atomic E-state index is 13.3. The number of aromatic nitrogens is 3. The van der Waals surface area contributed by atoms with E-state index in [1.165, 1.54) is 0 Å². The van der Waals surface area contributed by atoms with Crippen molar-refractivity contribution < 1.29 is 14.6 Å². The first-order valence-corrected chi connectivity index (χ1v) is 11.9. The van der Waals surface area contributed by atoms with Crippen LogP contribution >= 0.6 is 0 Å². The Kier molecular flexibility index (Phi) is 6.02. The van der Waals surface area contributed by atoms with Gasteiger partial charge in [0, 0.05) is 49.2 Å². The SMILES string of the molecule is CCn1c(-c2nc3cc(C(=O)N4CCCC(N)C4)cc(OCCO)c3n2C)cc2ccccc21. The maximum Gasteiger partial charge on any atom is 0.254 e. The molecular formula is C26H31N5O3. The number of hydrogen-bond donors (Lipinski definition) is 2. The largest absolute Gasteiger partial charge is 0.489 e. The van der Waals surface area contributed by atoms with E-state index in [1.54, 1.807) is 6.07 Å². The zero-order chi connectivity index (χ0) is 23.8. The summed E-state index contributed by atoms with van der Waals surface area (Å²) in [5.74, 6) is 1.27. The van der Waals surface area contributed by atoms with Crippen molar-refractivity contribution in [3.63, 3.8) is 0 Å². The molecule has 0 saturated carbocycles. The molecule has 2 aromatic carbocycles. The van der Waals surface area contributed by atoms with E-state index in [4.69, 9.17) is 15.5 Å². The van der Waals surface area contributed by atoms with Crippen LogP contribution in [0.4, 0.5) is 0 Å². The number of carbonyl (C=O) groups is 1. The van der Waals surface area contributed by atoms with Crippen LogP contribution in [0.25, 0.3) is 33.5 Å². The Morgan fingerprint density at radius 1 is 1.26 bits per heavy atom. The molecule has 34 heavy (non-hydrogen) atoms. The Morgan fingerprint density at radius 3 is 2.85 bits per heavy atom. The third kappa shape index (κ3) is 3.82. The Balaban J connectivity index is 1.65. The lowest BCUT2D eigenvalue weighted by Gasteiger charge is -2.30. The lowest BCUT2D eigenvalue weighted by molar-refractivity contribution is 0.0708. The van der Waals surface area contributed by atoms with Gasteiger partial charge in [0.15, 0.2) is 5.82 Å². The molecule has 1 atom stereocenters. The van der Waals surface area contributed by atoms with E-state index in [0.717, 1.165) is 47.3 Å². The summed E-state index contributed by atoms with van der Waals surface area (Å²) < 4.78 is 10.1. The third-order valence-corrected chi connectivity index (χ3v) is 6.63. The molecule has 0 bridgehead atoms. The molecule has 8 heteroatoms. The summed E-state index contributed by atoms with van der Waals surface area (Å²) in [6, 6.07) is 14.0. The molecule has 8 nitrogen and oxygen atoms in total. The number of aliphatic hydroxyl groups excluding tert-OH is 1. The second-order valence-corrected chi connectivity index (χ2v) is 8.89. The van der Waals surface area contributed by atoms with E-state index in [-0.39, 0.29) is 25.2 Å².